The maximum Gasteiger partial charge on any atom is 0.203 e. The van der Waals surface area contributed by atoms with Gasteiger partial charge in [-0.25, -0.2) is 30.0 Å². The van der Waals surface area contributed by atoms with E-state index in [0.29, 0.717) is 74.9 Å². The highest BCUT2D eigenvalue weighted by molar-refractivity contribution is 6.01. The van der Waals surface area contributed by atoms with Crippen molar-refractivity contribution in [2.24, 2.45) is 41.4 Å². The van der Waals surface area contributed by atoms with Gasteiger partial charge in [0.25, 0.3) is 0 Å². The van der Waals surface area contributed by atoms with Crippen molar-refractivity contribution in [1.82, 2.24) is 51.3 Å². The molecule has 0 aromatic carbocycles. The van der Waals surface area contributed by atoms with E-state index in [1.807, 2.05) is 50.8 Å². The maximum atomic E-state index is 6.42. The predicted octanol–water partition coefficient (Wildman–Crippen LogP) is -0.637. The molecule has 3 aliphatic rings. The lowest BCUT2D eigenvalue weighted by molar-refractivity contribution is 0.359. The van der Waals surface area contributed by atoms with Gasteiger partial charge in [-0.1, -0.05) is 0 Å². The second kappa shape index (κ2) is 16.4. The molecule has 3 unspecified atom stereocenters. The summed E-state index contributed by atoms with van der Waals surface area (Å²) in [5, 5.41) is 16.0. The van der Waals surface area contributed by atoms with Crippen molar-refractivity contribution in [2.75, 3.05) is 39.8 Å². The number of nitrogens with one attached hydrogen (secondary N) is 8. The summed E-state index contributed by atoms with van der Waals surface area (Å²) in [6.45, 7) is 5.03. The molecular formula is C32H48N18. The zero-order valence-electron chi connectivity index (χ0n) is 28.5. The average molecular weight is 685 g/mol. The van der Waals surface area contributed by atoms with E-state index >= 15 is 0 Å². The Balaban J connectivity index is 1.16. The van der Waals surface area contributed by atoms with E-state index in [1.54, 1.807) is 0 Å². The second-order valence-corrected chi connectivity index (χ2v) is 12.1. The predicted molar refractivity (Wildman–Crippen MR) is 198 cm³/mol. The Morgan fingerprint density at radius 2 is 1.28 bits per heavy atom. The average Bonchev–Trinajstić information content (AvgIpc) is 3.91. The number of H-pyrrole nitrogens is 3. The molecule has 3 aliphatic heterocycles. The molecule has 0 radical (unpaired) electrons. The molecule has 12 N–H and O–H groups in total. The van der Waals surface area contributed by atoms with Gasteiger partial charge in [0.05, 0.1) is 6.54 Å². The Bertz CT molecular complexity index is 1680. The van der Waals surface area contributed by atoms with Crippen molar-refractivity contribution in [3.8, 4) is 0 Å². The first-order valence-corrected chi connectivity index (χ1v) is 17.0. The van der Waals surface area contributed by atoms with Crippen molar-refractivity contribution >= 4 is 35.8 Å². The quantitative estimate of drug-likeness (QED) is 0.104. The third-order valence-corrected chi connectivity index (χ3v) is 8.32. The van der Waals surface area contributed by atoms with Gasteiger partial charge in [0.2, 0.25) is 11.9 Å². The van der Waals surface area contributed by atoms with Gasteiger partial charge in [-0.3, -0.25) is 16.0 Å². The summed E-state index contributed by atoms with van der Waals surface area (Å²) in [5.74, 6) is 3.23. The number of hydrogen-bond donors (Lipinski definition) is 10. The van der Waals surface area contributed by atoms with E-state index in [0.717, 1.165) is 36.3 Å². The van der Waals surface area contributed by atoms with Gasteiger partial charge in [0.1, 0.15) is 12.3 Å². The summed E-state index contributed by atoms with van der Waals surface area (Å²) in [4.78, 5) is 42.6. The Morgan fingerprint density at radius 3 is 1.94 bits per heavy atom. The minimum absolute atomic E-state index is 0.241. The lowest BCUT2D eigenvalue weighted by Gasteiger charge is -2.34. The Hall–Kier alpha value is -5.94. The molecule has 6 rings (SSSR count). The summed E-state index contributed by atoms with van der Waals surface area (Å²) in [6, 6.07) is 12.2. The summed E-state index contributed by atoms with van der Waals surface area (Å²) < 4.78 is 0. The Kier molecular flexibility index (Phi) is 11.2. The molecule has 0 saturated carbocycles. The summed E-state index contributed by atoms with van der Waals surface area (Å²) in [5.41, 5.74) is 16.0. The van der Waals surface area contributed by atoms with Crippen molar-refractivity contribution in [3.05, 3.63) is 72.1 Å². The van der Waals surface area contributed by atoms with Crippen LogP contribution in [-0.2, 0) is 19.3 Å². The normalized spacial score (nSPS) is 20.1. The summed E-state index contributed by atoms with van der Waals surface area (Å²) in [6.07, 6.45) is 7.66. The minimum atomic E-state index is -0.486. The SMILES string of the molecule is CNC1=NC(C)N=C(N(CCc2ccc[nH]2)CC2N=C(N)NC(N(CCc3ccc[nH]3)CCC3N=C(N)NC(NCCc4ccc[nH]4)=N3)=N2)N1. The minimum Gasteiger partial charge on any atom is -0.370 e. The molecule has 18 heteroatoms. The molecule has 0 fully saturated rings. The number of aromatic nitrogens is 3. The van der Waals surface area contributed by atoms with E-state index in [-0.39, 0.29) is 12.3 Å². The number of nitrogens with two attached hydrogens (primary N) is 2. The van der Waals surface area contributed by atoms with Gasteiger partial charge in [-0.05, 0) is 43.3 Å². The smallest absolute Gasteiger partial charge is 0.203 e. The van der Waals surface area contributed by atoms with Gasteiger partial charge in [0, 0.05) is 94.6 Å². The lowest BCUT2D eigenvalue weighted by atomic mass is 10.2. The van der Waals surface area contributed by atoms with Crippen LogP contribution in [0.15, 0.2) is 84.9 Å². The molecule has 6 heterocycles. The van der Waals surface area contributed by atoms with Crippen LogP contribution in [0.4, 0.5) is 0 Å². The molecular weight excluding hydrogens is 636 g/mol. The Labute approximate surface area is 291 Å². The van der Waals surface area contributed by atoms with Crippen LogP contribution in [0.2, 0.25) is 0 Å². The molecule has 266 valence electrons. The fourth-order valence-electron chi connectivity index (χ4n) is 5.82. The molecule has 0 aliphatic carbocycles. The van der Waals surface area contributed by atoms with Crippen LogP contribution in [0.3, 0.4) is 0 Å². The first-order chi connectivity index (χ1) is 24.4. The summed E-state index contributed by atoms with van der Waals surface area (Å²) >= 11 is 0. The zero-order chi connectivity index (χ0) is 34.7. The first kappa shape index (κ1) is 33.9. The highest BCUT2D eigenvalue weighted by Crippen LogP contribution is 2.13. The van der Waals surface area contributed by atoms with Gasteiger partial charge in [0.15, 0.2) is 30.0 Å². The third kappa shape index (κ3) is 9.57. The van der Waals surface area contributed by atoms with Gasteiger partial charge in [-0.2, -0.15) is 0 Å². The van der Waals surface area contributed by atoms with Crippen LogP contribution in [0.5, 0.6) is 0 Å². The number of hydrogen-bond acceptors (Lipinski definition) is 15. The molecule has 0 spiro atoms. The van der Waals surface area contributed by atoms with Crippen LogP contribution in [0, 0.1) is 0 Å². The highest BCUT2D eigenvalue weighted by Gasteiger charge is 2.26. The van der Waals surface area contributed by atoms with Crippen LogP contribution < -0.4 is 38.1 Å². The number of aromatic amines is 3. The van der Waals surface area contributed by atoms with E-state index < -0.39 is 6.17 Å². The van der Waals surface area contributed by atoms with Gasteiger partial charge >= 0.3 is 0 Å². The van der Waals surface area contributed by atoms with Crippen LogP contribution in [0.25, 0.3) is 0 Å². The fraction of sp³-hybridized carbons (Fsp3) is 0.438. The van der Waals surface area contributed by atoms with Crippen LogP contribution in [-0.4, -0.2) is 119 Å². The molecule has 3 atom stereocenters. The largest absolute Gasteiger partial charge is 0.370 e. The van der Waals surface area contributed by atoms with Gasteiger partial charge in [-0.15, -0.1) is 0 Å². The fourth-order valence-corrected chi connectivity index (χ4v) is 5.82. The van der Waals surface area contributed by atoms with E-state index in [1.165, 1.54) is 0 Å². The molecule has 0 amide bonds. The standard InChI is InChI=1S/C32H48N18/c1-21-40-29(35-2)48-31(41-21)50(18-11-24-8-5-15-38-24)20-26-43-28(34)47-32(45-26)49(17-10-23-7-4-14-37-23)19-12-25-42-27(33)46-30(44-25)39-16-9-22-6-3-13-36-22/h3-8,13-15,21,25-26,36-38H,9-12,16-20H2,1-2H3,(H3,34,43,45,47)(H2,35,40,41,48)(H4,33,39,42,44,46). The second-order valence-electron chi connectivity index (χ2n) is 12.1. The molecule has 50 heavy (non-hydrogen) atoms. The maximum absolute atomic E-state index is 6.42. The van der Waals surface area contributed by atoms with Crippen LogP contribution >= 0.6 is 0 Å². The molecule has 3 aromatic heterocycles. The van der Waals surface area contributed by atoms with Crippen molar-refractivity contribution in [3.63, 3.8) is 0 Å². The number of guanidine groups is 6. The molecule has 3 aromatic rings. The van der Waals surface area contributed by atoms with Crippen molar-refractivity contribution in [1.29, 1.82) is 0 Å². The van der Waals surface area contributed by atoms with E-state index in [4.69, 9.17) is 26.4 Å². The Morgan fingerprint density at radius 1 is 0.660 bits per heavy atom. The zero-order valence-corrected chi connectivity index (χ0v) is 28.5. The van der Waals surface area contributed by atoms with E-state index in [9.17, 15) is 0 Å². The van der Waals surface area contributed by atoms with E-state index in [2.05, 4.69) is 84.5 Å². The number of rotatable bonds is 14. The monoisotopic (exact) mass is 684 g/mol. The number of nitrogens with zero attached hydrogens (tertiary/aromatic N) is 8. The summed E-state index contributed by atoms with van der Waals surface area (Å²) in [7, 11) is 1.83. The molecule has 18 nitrogen and oxygen atoms in total. The molecule has 0 saturated heterocycles. The van der Waals surface area contributed by atoms with Crippen LogP contribution in [0.1, 0.15) is 30.4 Å². The number of aliphatic imine (C=N–C) groups is 6. The topological polar surface area (TPSA) is 240 Å². The lowest BCUT2D eigenvalue weighted by Crippen LogP contribution is -2.55. The first-order valence-electron chi connectivity index (χ1n) is 17.0. The third-order valence-electron chi connectivity index (χ3n) is 8.32. The van der Waals surface area contributed by atoms with Crippen molar-refractivity contribution in [2.45, 2.75) is 51.1 Å². The van der Waals surface area contributed by atoms with Gasteiger partial charge < -0.3 is 46.9 Å². The highest BCUT2D eigenvalue weighted by atomic mass is 15.4. The van der Waals surface area contributed by atoms with Crippen molar-refractivity contribution < 1.29 is 0 Å². The molecule has 0 bridgehead atoms.